The lowest BCUT2D eigenvalue weighted by atomic mass is 10.2. The van der Waals surface area contributed by atoms with Gasteiger partial charge in [-0.2, -0.15) is 0 Å². The van der Waals surface area contributed by atoms with Gasteiger partial charge in [0.25, 0.3) is 0 Å². The molecule has 2 heterocycles. The Labute approximate surface area is 92.8 Å². The predicted molar refractivity (Wildman–Crippen MR) is 57.7 cm³/mol. The average molecular weight is 248 g/mol. The second-order valence-electron chi connectivity index (χ2n) is 3.49. The fourth-order valence-corrected chi connectivity index (χ4v) is 3.29. The zero-order chi connectivity index (χ0) is 10.9. The van der Waals surface area contributed by atoms with E-state index in [0.29, 0.717) is 17.4 Å². The van der Waals surface area contributed by atoms with Crippen molar-refractivity contribution >= 4 is 27.3 Å². The van der Waals surface area contributed by atoms with Gasteiger partial charge in [-0.1, -0.05) is 11.6 Å². The molecule has 7 heteroatoms. The number of halogens is 1. The lowest BCUT2D eigenvalue weighted by molar-refractivity contribution is 0.602. The highest BCUT2D eigenvalue weighted by molar-refractivity contribution is 7.91. The van der Waals surface area contributed by atoms with Gasteiger partial charge in [0.1, 0.15) is 5.82 Å². The number of hydrogen-bond acceptors (Lipinski definition) is 5. The Hall–Kier alpha value is -0.880. The molecule has 1 N–H and O–H groups in total. The van der Waals surface area contributed by atoms with Crippen LogP contribution in [0.2, 0.25) is 5.15 Å². The van der Waals surface area contributed by atoms with Crippen LogP contribution >= 0.6 is 11.6 Å². The maximum atomic E-state index is 11.2. The van der Waals surface area contributed by atoms with E-state index in [1.165, 1.54) is 0 Å². The van der Waals surface area contributed by atoms with E-state index in [4.69, 9.17) is 11.6 Å². The summed E-state index contributed by atoms with van der Waals surface area (Å²) in [7, 11) is -2.86. The number of aromatic nitrogens is 2. The Morgan fingerprint density at radius 1 is 1.40 bits per heavy atom. The van der Waals surface area contributed by atoms with Crippen molar-refractivity contribution in [3.05, 3.63) is 17.3 Å². The van der Waals surface area contributed by atoms with E-state index in [2.05, 4.69) is 15.5 Å². The Kier molecular flexibility index (Phi) is 2.79. The number of nitrogens with zero attached hydrogens (tertiary/aromatic N) is 2. The van der Waals surface area contributed by atoms with Crippen molar-refractivity contribution in [2.24, 2.45) is 0 Å². The van der Waals surface area contributed by atoms with Gasteiger partial charge < -0.3 is 5.32 Å². The molecular formula is C8H10ClN3O2S. The molecule has 1 unspecified atom stereocenters. The van der Waals surface area contributed by atoms with Crippen molar-refractivity contribution in [2.45, 2.75) is 12.5 Å². The molecule has 15 heavy (non-hydrogen) atoms. The minimum absolute atomic E-state index is 0.0644. The summed E-state index contributed by atoms with van der Waals surface area (Å²) in [5.41, 5.74) is 0. The van der Waals surface area contributed by atoms with Gasteiger partial charge in [0.05, 0.1) is 11.5 Å². The van der Waals surface area contributed by atoms with Gasteiger partial charge in [-0.25, -0.2) is 8.42 Å². The summed E-state index contributed by atoms with van der Waals surface area (Å²) in [5.74, 6) is 0.963. The molecular weight excluding hydrogens is 238 g/mol. The lowest BCUT2D eigenvalue weighted by Crippen LogP contribution is -2.21. The van der Waals surface area contributed by atoms with Gasteiger partial charge in [-0.3, -0.25) is 0 Å². The molecule has 1 aromatic heterocycles. The first kappa shape index (κ1) is 10.6. The van der Waals surface area contributed by atoms with E-state index in [1.54, 1.807) is 12.1 Å². The molecule has 1 atom stereocenters. The van der Waals surface area contributed by atoms with Gasteiger partial charge >= 0.3 is 0 Å². The van der Waals surface area contributed by atoms with E-state index in [9.17, 15) is 8.42 Å². The van der Waals surface area contributed by atoms with Crippen LogP contribution in [0.5, 0.6) is 0 Å². The summed E-state index contributed by atoms with van der Waals surface area (Å²) in [6, 6.07) is 3.23. The van der Waals surface area contributed by atoms with Crippen LogP contribution in [0.4, 0.5) is 5.82 Å². The second kappa shape index (κ2) is 3.94. The molecule has 5 nitrogen and oxygen atoms in total. The number of sulfone groups is 1. The molecule has 0 amide bonds. The minimum atomic E-state index is -2.86. The molecule has 0 aromatic carbocycles. The van der Waals surface area contributed by atoms with Crippen molar-refractivity contribution in [3.63, 3.8) is 0 Å². The SMILES string of the molecule is O=S1(=O)CCC(Nc2ccc(Cl)nn2)C1. The molecule has 0 radical (unpaired) electrons. The third kappa shape index (κ3) is 2.79. The van der Waals surface area contributed by atoms with Crippen LogP contribution in [0.25, 0.3) is 0 Å². The van der Waals surface area contributed by atoms with E-state index < -0.39 is 9.84 Å². The van der Waals surface area contributed by atoms with Crippen molar-refractivity contribution in [2.75, 3.05) is 16.8 Å². The Balaban J connectivity index is 2.02. The highest BCUT2D eigenvalue weighted by atomic mass is 35.5. The first-order chi connectivity index (χ1) is 7.05. The molecule has 1 aliphatic rings. The van der Waals surface area contributed by atoms with Crippen LogP contribution in [0.1, 0.15) is 6.42 Å². The number of nitrogens with one attached hydrogen (secondary N) is 1. The highest BCUT2D eigenvalue weighted by Gasteiger charge is 2.27. The molecule has 1 aliphatic heterocycles. The highest BCUT2D eigenvalue weighted by Crippen LogP contribution is 2.16. The predicted octanol–water partition coefficient (Wildman–Crippen LogP) is 0.729. The first-order valence-electron chi connectivity index (χ1n) is 4.51. The van der Waals surface area contributed by atoms with Crippen LogP contribution in [0, 0.1) is 0 Å². The molecule has 1 fully saturated rings. The molecule has 0 bridgehead atoms. The topological polar surface area (TPSA) is 72.0 Å². The van der Waals surface area contributed by atoms with E-state index in [1.807, 2.05) is 0 Å². The average Bonchev–Trinajstić information content (AvgIpc) is 2.50. The Bertz CT molecular complexity index is 445. The molecule has 1 aromatic rings. The van der Waals surface area contributed by atoms with Gasteiger partial charge in [-0.05, 0) is 18.6 Å². The summed E-state index contributed by atoms with van der Waals surface area (Å²) in [4.78, 5) is 0. The van der Waals surface area contributed by atoms with Crippen LogP contribution in [0.3, 0.4) is 0 Å². The van der Waals surface area contributed by atoms with Crippen LogP contribution in [-0.4, -0.2) is 36.2 Å². The lowest BCUT2D eigenvalue weighted by Gasteiger charge is -2.09. The van der Waals surface area contributed by atoms with Gasteiger partial charge in [0, 0.05) is 6.04 Å². The zero-order valence-electron chi connectivity index (χ0n) is 7.85. The molecule has 1 saturated heterocycles. The van der Waals surface area contributed by atoms with E-state index >= 15 is 0 Å². The molecule has 2 rings (SSSR count). The summed E-state index contributed by atoms with van der Waals surface area (Å²) < 4.78 is 22.4. The normalized spacial score (nSPS) is 23.9. The van der Waals surface area contributed by atoms with Gasteiger partial charge in [0.2, 0.25) is 0 Å². The van der Waals surface area contributed by atoms with E-state index in [0.717, 1.165) is 0 Å². The van der Waals surface area contributed by atoms with Crippen LogP contribution in [-0.2, 0) is 9.84 Å². The zero-order valence-corrected chi connectivity index (χ0v) is 9.42. The monoisotopic (exact) mass is 247 g/mol. The molecule has 82 valence electrons. The fraction of sp³-hybridized carbons (Fsp3) is 0.500. The van der Waals surface area contributed by atoms with Crippen molar-refractivity contribution in [1.29, 1.82) is 0 Å². The first-order valence-corrected chi connectivity index (χ1v) is 6.71. The number of rotatable bonds is 2. The summed E-state index contributed by atoms with van der Waals surface area (Å²) in [6.45, 7) is 0. The minimum Gasteiger partial charge on any atom is -0.365 e. The van der Waals surface area contributed by atoms with E-state index in [-0.39, 0.29) is 17.5 Å². The maximum Gasteiger partial charge on any atom is 0.152 e. The molecule has 0 spiro atoms. The van der Waals surface area contributed by atoms with Crippen LogP contribution in [0.15, 0.2) is 12.1 Å². The standard InChI is InChI=1S/C8H10ClN3O2S/c9-7-1-2-8(12-11-7)10-6-3-4-15(13,14)5-6/h1-2,6H,3-5H2,(H,10,12). The number of anilines is 1. The smallest absolute Gasteiger partial charge is 0.152 e. The summed E-state index contributed by atoms with van der Waals surface area (Å²) in [6.07, 6.45) is 0.618. The largest absolute Gasteiger partial charge is 0.365 e. The third-order valence-corrected chi connectivity index (χ3v) is 4.19. The third-order valence-electron chi connectivity index (χ3n) is 2.22. The fourth-order valence-electron chi connectivity index (χ4n) is 1.51. The van der Waals surface area contributed by atoms with Gasteiger partial charge in [0.15, 0.2) is 15.0 Å². The molecule has 0 aliphatic carbocycles. The Morgan fingerprint density at radius 3 is 2.73 bits per heavy atom. The van der Waals surface area contributed by atoms with Crippen molar-refractivity contribution < 1.29 is 8.42 Å². The van der Waals surface area contributed by atoms with Crippen molar-refractivity contribution in [3.8, 4) is 0 Å². The second-order valence-corrected chi connectivity index (χ2v) is 6.10. The van der Waals surface area contributed by atoms with Crippen molar-refractivity contribution in [1.82, 2.24) is 10.2 Å². The Morgan fingerprint density at radius 2 is 2.20 bits per heavy atom. The summed E-state index contributed by atoms with van der Waals surface area (Å²) >= 11 is 5.58. The number of hydrogen-bond donors (Lipinski definition) is 1. The maximum absolute atomic E-state index is 11.2. The summed E-state index contributed by atoms with van der Waals surface area (Å²) in [5, 5.41) is 10.8. The quantitative estimate of drug-likeness (QED) is 0.834. The van der Waals surface area contributed by atoms with Gasteiger partial charge in [-0.15, -0.1) is 10.2 Å². The molecule has 0 saturated carbocycles. The van der Waals surface area contributed by atoms with Crippen LogP contribution < -0.4 is 5.32 Å².